The van der Waals surface area contributed by atoms with Crippen molar-refractivity contribution in [3.8, 4) is 0 Å². The van der Waals surface area contributed by atoms with Gasteiger partial charge in [-0.2, -0.15) is 0 Å². The minimum atomic E-state index is 0.604. The molecule has 1 heteroatoms. The molecular weight excluding hydrogens is 146 g/mol. The highest BCUT2D eigenvalue weighted by Crippen LogP contribution is 2.13. The SMILES string of the molecule is [CH](c1ccccc1)C1CCCN1. The Morgan fingerprint density at radius 1 is 1.25 bits per heavy atom. The maximum atomic E-state index is 3.45. The third kappa shape index (κ3) is 1.86. The van der Waals surface area contributed by atoms with E-state index in [1.54, 1.807) is 0 Å². The van der Waals surface area contributed by atoms with Crippen molar-refractivity contribution in [3.05, 3.63) is 42.3 Å². The van der Waals surface area contributed by atoms with E-state index in [0.717, 1.165) is 0 Å². The van der Waals surface area contributed by atoms with Crippen molar-refractivity contribution in [3.63, 3.8) is 0 Å². The van der Waals surface area contributed by atoms with Crippen LogP contribution in [0.3, 0.4) is 0 Å². The predicted molar refractivity (Wildman–Crippen MR) is 50.9 cm³/mol. The lowest BCUT2D eigenvalue weighted by Crippen LogP contribution is -2.21. The summed E-state index contributed by atoms with van der Waals surface area (Å²) >= 11 is 0. The molecule has 1 atom stereocenters. The van der Waals surface area contributed by atoms with Crippen LogP contribution in [0.1, 0.15) is 18.4 Å². The fraction of sp³-hybridized carbons (Fsp3) is 0.364. The van der Waals surface area contributed by atoms with Crippen LogP contribution >= 0.6 is 0 Å². The molecule has 0 spiro atoms. The van der Waals surface area contributed by atoms with E-state index in [1.807, 2.05) is 0 Å². The largest absolute Gasteiger partial charge is 0.313 e. The van der Waals surface area contributed by atoms with Gasteiger partial charge in [0.05, 0.1) is 0 Å². The molecule has 1 radical (unpaired) electrons. The van der Waals surface area contributed by atoms with Gasteiger partial charge >= 0.3 is 0 Å². The first kappa shape index (κ1) is 7.81. The molecule has 1 aliphatic rings. The summed E-state index contributed by atoms with van der Waals surface area (Å²) < 4.78 is 0. The van der Waals surface area contributed by atoms with Gasteiger partial charge in [0.2, 0.25) is 0 Å². The van der Waals surface area contributed by atoms with Crippen LogP contribution in [0.25, 0.3) is 0 Å². The molecule has 1 N–H and O–H groups in total. The third-order valence-electron chi connectivity index (χ3n) is 2.29. The van der Waals surface area contributed by atoms with Crippen LogP contribution in [0.2, 0.25) is 0 Å². The standard InChI is InChI=1S/C11H14N/c1-2-5-10(6-3-1)9-11-7-4-8-12-11/h1-3,5-6,9,11-12H,4,7-8H2. The minimum absolute atomic E-state index is 0.604. The van der Waals surface area contributed by atoms with E-state index in [9.17, 15) is 0 Å². The van der Waals surface area contributed by atoms with Crippen molar-refractivity contribution >= 4 is 0 Å². The highest BCUT2D eigenvalue weighted by molar-refractivity contribution is 5.24. The predicted octanol–water partition coefficient (Wildman–Crippen LogP) is 1.99. The van der Waals surface area contributed by atoms with Gasteiger partial charge in [-0.1, -0.05) is 30.3 Å². The Bertz CT molecular complexity index is 224. The molecule has 63 valence electrons. The van der Waals surface area contributed by atoms with Crippen molar-refractivity contribution < 1.29 is 0 Å². The van der Waals surface area contributed by atoms with Gasteiger partial charge in [0, 0.05) is 12.5 Å². The van der Waals surface area contributed by atoms with Gasteiger partial charge in [-0.15, -0.1) is 0 Å². The van der Waals surface area contributed by atoms with Crippen LogP contribution < -0.4 is 5.32 Å². The monoisotopic (exact) mass is 160 g/mol. The highest BCUT2D eigenvalue weighted by Gasteiger charge is 2.13. The average molecular weight is 160 g/mol. The molecule has 0 aliphatic carbocycles. The zero-order valence-electron chi connectivity index (χ0n) is 7.16. The number of hydrogen-bond donors (Lipinski definition) is 1. The Kier molecular flexibility index (Phi) is 2.42. The van der Waals surface area contributed by atoms with E-state index < -0.39 is 0 Å². The minimum Gasteiger partial charge on any atom is -0.313 e. The second-order valence-electron chi connectivity index (χ2n) is 3.28. The summed E-state index contributed by atoms with van der Waals surface area (Å²) in [6, 6.07) is 11.1. The molecule has 1 nitrogen and oxygen atoms in total. The molecule has 1 unspecified atom stereocenters. The van der Waals surface area contributed by atoms with Crippen molar-refractivity contribution in [1.82, 2.24) is 5.32 Å². The molecule has 0 amide bonds. The fourth-order valence-electron chi connectivity index (χ4n) is 1.65. The first-order valence-corrected chi connectivity index (χ1v) is 4.58. The summed E-state index contributed by atoms with van der Waals surface area (Å²) in [5, 5.41) is 3.45. The molecule has 1 saturated heterocycles. The molecule has 0 aromatic heterocycles. The van der Waals surface area contributed by atoms with Gasteiger partial charge in [-0.05, 0) is 24.9 Å². The molecule has 1 heterocycles. The molecule has 2 rings (SSSR count). The number of rotatable bonds is 2. The van der Waals surface area contributed by atoms with Crippen LogP contribution in [0, 0.1) is 6.42 Å². The number of hydrogen-bond acceptors (Lipinski definition) is 1. The highest BCUT2D eigenvalue weighted by atomic mass is 14.9. The summed E-state index contributed by atoms with van der Waals surface area (Å²) in [6.07, 6.45) is 4.91. The van der Waals surface area contributed by atoms with Crippen molar-refractivity contribution in [1.29, 1.82) is 0 Å². The van der Waals surface area contributed by atoms with E-state index in [2.05, 4.69) is 42.1 Å². The van der Waals surface area contributed by atoms with Gasteiger partial charge < -0.3 is 5.32 Å². The molecular formula is C11H14N. The van der Waals surface area contributed by atoms with Gasteiger partial charge in [0.15, 0.2) is 0 Å². The van der Waals surface area contributed by atoms with E-state index in [0.29, 0.717) is 6.04 Å². The summed E-state index contributed by atoms with van der Waals surface area (Å²) in [7, 11) is 0. The first-order valence-electron chi connectivity index (χ1n) is 4.58. The molecule has 1 aliphatic heterocycles. The summed E-state index contributed by atoms with van der Waals surface area (Å²) in [5.41, 5.74) is 1.33. The lowest BCUT2D eigenvalue weighted by atomic mass is 10.1. The second-order valence-corrected chi connectivity index (χ2v) is 3.28. The number of benzene rings is 1. The lowest BCUT2D eigenvalue weighted by Gasteiger charge is -2.08. The van der Waals surface area contributed by atoms with Crippen molar-refractivity contribution in [2.75, 3.05) is 6.54 Å². The maximum absolute atomic E-state index is 3.45. The molecule has 0 saturated carbocycles. The van der Waals surface area contributed by atoms with Crippen LogP contribution in [0.4, 0.5) is 0 Å². The quantitative estimate of drug-likeness (QED) is 0.697. The molecule has 1 fully saturated rings. The Labute approximate surface area is 73.8 Å². The van der Waals surface area contributed by atoms with Crippen LogP contribution in [0.5, 0.6) is 0 Å². The lowest BCUT2D eigenvalue weighted by molar-refractivity contribution is 0.693. The Morgan fingerprint density at radius 3 is 2.75 bits per heavy atom. The Hall–Kier alpha value is -0.820. The second kappa shape index (κ2) is 3.72. The smallest absolute Gasteiger partial charge is 0.0143 e. The van der Waals surface area contributed by atoms with E-state index in [1.165, 1.54) is 24.9 Å². The Balaban J connectivity index is 1.94. The van der Waals surface area contributed by atoms with Gasteiger partial charge in [-0.3, -0.25) is 0 Å². The van der Waals surface area contributed by atoms with E-state index in [-0.39, 0.29) is 0 Å². The zero-order chi connectivity index (χ0) is 8.23. The van der Waals surface area contributed by atoms with E-state index >= 15 is 0 Å². The van der Waals surface area contributed by atoms with Gasteiger partial charge in [0.1, 0.15) is 0 Å². The summed E-state index contributed by atoms with van der Waals surface area (Å²) in [4.78, 5) is 0. The molecule has 1 aromatic carbocycles. The van der Waals surface area contributed by atoms with Crippen molar-refractivity contribution in [2.24, 2.45) is 0 Å². The first-order chi connectivity index (χ1) is 5.95. The molecule has 12 heavy (non-hydrogen) atoms. The van der Waals surface area contributed by atoms with Crippen LogP contribution in [0.15, 0.2) is 30.3 Å². The van der Waals surface area contributed by atoms with Gasteiger partial charge in [-0.25, -0.2) is 0 Å². The zero-order valence-corrected chi connectivity index (χ0v) is 7.16. The van der Waals surface area contributed by atoms with E-state index in [4.69, 9.17) is 0 Å². The fourth-order valence-corrected chi connectivity index (χ4v) is 1.65. The topological polar surface area (TPSA) is 12.0 Å². The van der Waals surface area contributed by atoms with Crippen LogP contribution in [-0.2, 0) is 0 Å². The number of nitrogens with one attached hydrogen (secondary N) is 1. The average Bonchev–Trinajstić information content (AvgIpc) is 2.59. The molecule has 0 bridgehead atoms. The van der Waals surface area contributed by atoms with Crippen LogP contribution in [-0.4, -0.2) is 12.6 Å². The maximum Gasteiger partial charge on any atom is 0.0143 e. The summed E-state index contributed by atoms with van der Waals surface area (Å²) in [6.45, 7) is 1.17. The molecule has 1 aromatic rings. The third-order valence-corrected chi connectivity index (χ3v) is 2.29. The Morgan fingerprint density at radius 2 is 2.08 bits per heavy atom. The van der Waals surface area contributed by atoms with Crippen molar-refractivity contribution in [2.45, 2.75) is 18.9 Å². The van der Waals surface area contributed by atoms with Gasteiger partial charge in [0.25, 0.3) is 0 Å². The summed E-state index contributed by atoms with van der Waals surface area (Å²) in [5.74, 6) is 0. The normalized spacial score (nSPS) is 22.8.